The van der Waals surface area contributed by atoms with E-state index in [2.05, 4.69) is 5.32 Å². The maximum absolute atomic E-state index is 10.7. The number of benzene rings is 1. The molecule has 2 unspecified atom stereocenters. The molecule has 1 amide bonds. The second-order valence-corrected chi connectivity index (χ2v) is 4.40. The Kier molecular flexibility index (Phi) is 5.75. The number of hydrogen-bond donors (Lipinski definition) is 5. The number of nitrogens with two attached hydrogens (primary N) is 1. The Labute approximate surface area is 111 Å². The van der Waals surface area contributed by atoms with Crippen molar-refractivity contribution in [2.45, 2.75) is 32.2 Å². The van der Waals surface area contributed by atoms with Crippen LogP contribution < -0.4 is 11.1 Å². The number of aliphatic hydroxyl groups is 3. The molecule has 1 rings (SSSR count). The first-order valence-corrected chi connectivity index (χ1v) is 6.05. The molecule has 0 heterocycles. The van der Waals surface area contributed by atoms with Gasteiger partial charge in [-0.3, -0.25) is 4.79 Å². The number of carbonyl (C=O) groups is 1. The minimum Gasteiger partial charge on any atom is -0.398 e. The molecule has 0 saturated carbocycles. The van der Waals surface area contributed by atoms with Crippen LogP contribution in [0.5, 0.6) is 0 Å². The van der Waals surface area contributed by atoms with Crippen LogP contribution in [0, 0.1) is 0 Å². The first kappa shape index (κ1) is 15.4. The van der Waals surface area contributed by atoms with Crippen molar-refractivity contribution in [3.8, 4) is 0 Å². The van der Waals surface area contributed by atoms with Gasteiger partial charge in [0.25, 0.3) is 0 Å². The Morgan fingerprint density at radius 2 is 2.11 bits per heavy atom. The standard InChI is InChI=1S/C13H20N2O4/c1-8(17)15-5-4-12(18)13(19)9-2-3-11(14)10(6-9)7-16/h2-3,6,12-13,16,18-19H,4-5,7,14H2,1H3,(H,15,17). The summed E-state index contributed by atoms with van der Waals surface area (Å²) in [5, 5.41) is 31.4. The van der Waals surface area contributed by atoms with E-state index in [-0.39, 0.29) is 25.5 Å². The fourth-order valence-corrected chi connectivity index (χ4v) is 1.72. The van der Waals surface area contributed by atoms with Crippen molar-refractivity contribution in [3.63, 3.8) is 0 Å². The predicted octanol–water partition coefficient (Wildman–Crippen LogP) is -0.318. The molecule has 19 heavy (non-hydrogen) atoms. The molecule has 1 aromatic rings. The average molecular weight is 268 g/mol. The van der Waals surface area contributed by atoms with Crippen molar-refractivity contribution in [3.05, 3.63) is 29.3 Å². The van der Waals surface area contributed by atoms with Crippen LogP contribution in [0.25, 0.3) is 0 Å². The Morgan fingerprint density at radius 3 is 2.68 bits per heavy atom. The van der Waals surface area contributed by atoms with Gasteiger partial charge in [0.05, 0.1) is 12.7 Å². The Balaban J connectivity index is 2.65. The first-order chi connectivity index (χ1) is 8.95. The summed E-state index contributed by atoms with van der Waals surface area (Å²) in [6.07, 6.45) is -1.85. The van der Waals surface area contributed by atoms with Gasteiger partial charge in [0, 0.05) is 24.7 Å². The number of hydrogen-bond acceptors (Lipinski definition) is 5. The van der Waals surface area contributed by atoms with E-state index in [0.29, 0.717) is 16.8 Å². The van der Waals surface area contributed by atoms with Gasteiger partial charge < -0.3 is 26.4 Å². The lowest BCUT2D eigenvalue weighted by Gasteiger charge is -2.19. The zero-order chi connectivity index (χ0) is 14.4. The molecule has 0 radical (unpaired) electrons. The van der Waals surface area contributed by atoms with Gasteiger partial charge >= 0.3 is 0 Å². The van der Waals surface area contributed by atoms with Crippen LogP contribution in [0.15, 0.2) is 18.2 Å². The van der Waals surface area contributed by atoms with Crippen LogP contribution in [0.4, 0.5) is 5.69 Å². The molecule has 6 nitrogen and oxygen atoms in total. The SMILES string of the molecule is CC(=O)NCCC(O)C(O)c1ccc(N)c(CO)c1. The van der Waals surface area contributed by atoms with Gasteiger partial charge in [-0.25, -0.2) is 0 Å². The van der Waals surface area contributed by atoms with Gasteiger partial charge in [0.15, 0.2) is 0 Å². The lowest BCUT2D eigenvalue weighted by atomic mass is 9.99. The van der Waals surface area contributed by atoms with Crippen molar-refractivity contribution >= 4 is 11.6 Å². The van der Waals surface area contributed by atoms with Crippen molar-refractivity contribution in [1.29, 1.82) is 0 Å². The maximum Gasteiger partial charge on any atom is 0.216 e. The van der Waals surface area contributed by atoms with E-state index in [4.69, 9.17) is 10.8 Å². The summed E-state index contributed by atoms with van der Waals surface area (Å²) in [6, 6.07) is 4.73. The first-order valence-electron chi connectivity index (χ1n) is 6.05. The molecule has 0 aromatic heterocycles. The van der Waals surface area contributed by atoms with Crippen LogP contribution in [0.3, 0.4) is 0 Å². The van der Waals surface area contributed by atoms with Gasteiger partial charge in [0.2, 0.25) is 5.91 Å². The molecule has 6 heteroatoms. The number of aliphatic hydroxyl groups excluding tert-OH is 3. The monoisotopic (exact) mass is 268 g/mol. The van der Waals surface area contributed by atoms with E-state index >= 15 is 0 Å². The van der Waals surface area contributed by atoms with Gasteiger partial charge in [-0.2, -0.15) is 0 Å². The molecule has 0 aliphatic heterocycles. The fourth-order valence-electron chi connectivity index (χ4n) is 1.72. The van der Waals surface area contributed by atoms with E-state index in [1.807, 2.05) is 0 Å². The summed E-state index contributed by atoms with van der Waals surface area (Å²) in [4.78, 5) is 10.7. The summed E-state index contributed by atoms with van der Waals surface area (Å²) in [6.45, 7) is 1.44. The number of carbonyl (C=O) groups excluding carboxylic acids is 1. The normalized spacial score (nSPS) is 13.9. The molecular formula is C13H20N2O4. The third-order valence-electron chi connectivity index (χ3n) is 2.86. The van der Waals surface area contributed by atoms with E-state index in [1.54, 1.807) is 18.2 Å². The van der Waals surface area contributed by atoms with E-state index in [9.17, 15) is 15.0 Å². The summed E-state index contributed by atoms with van der Waals surface area (Å²) in [7, 11) is 0. The lowest BCUT2D eigenvalue weighted by Crippen LogP contribution is -2.27. The minimum atomic E-state index is -1.08. The highest BCUT2D eigenvalue weighted by atomic mass is 16.3. The topological polar surface area (TPSA) is 116 Å². The van der Waals surface area contributed by atoms with Gasteiger partial charge in [-0.1, -0.05) is 6.07 Å². The second-order valence-electron chi connectivity index (χ2n) is 4.40. The Hall–Kier alpha value is -1.63. The van der Waals surface area contributed by atoms with E-state index < -0.39 is 12.2 Å². The molecule has 0 bridgehead atoms. The van der Waals surface area contributed by atoms with Crippen molar-refractivity contribution in [2.75, 3.05) is 12.3 Å². The van der Waals surface area contributed by atoms with Crippen molar-refractivity contribution in [2.24, 2.45) is 0 Å². The van der Waals surface area contributed by atoms with Gasteiger partial charge in [0.1, 0.15) is 6.10 Å². The second kappa shape index (κ2) is 7.08. The number of nitrogen functional groups attached to an aromatic ring is 1. The van der Waals surface area contributed by atoms with E-state index in [0.717, 1.165) is 0 Å². The third kappa shape index (κ3) is 4.51. The summed E-state index contributed by atoms with van der Waals surface area (Å²) >= 11 is 0. The van der Waals surface area contributed by atoms with Crippen LogP contribution in [0.2, 0.25) is 0 Å². The molecule has 2 atom stereocenters. The third-order valence-corrected chi connectivity index (χ3v) is 2.86. The summed E-state index contributed by atoms with van der Waals surface area (Å²) in [5.74, 6) is -0.184. The number of nitrogens with one attached hydrogen (secondary N) is 1. The molecule has 6 N–H and O–H groups in total. The highest BCUT2D eigenvalue weighted by Crippen LogP contribution is 2.23. The number of amides is 1. The summed E-state index contributed by atoms with van der Waals surface area (Å²) in [5.41, 5.74) is 7.06. The predicted molar refractivity (Wildman–Crippen MR) is 71.0 cm³/mol. The van der Waals surface area contributed by atoms with Crippen LogP contribution in [0.1, 0.15) is 30.6 Å². The average Bonchev–Trinajstić information content (AvgIpc) is 2.38. The van der Waals surface area contributed by atoms with Crippen molar-refractivity contribution < 1.29 is 20.1 Å². The molecular weight excluding hydrogens is 248 g/mol. The van der Waals surface area contributed by atoms with Crippen LogP contribution >= 0.6 is 0 Å². The van der Waals surface area contributed by atoms with E-state index in [1.165, 1.54) is 6.92 Å². The maximum atomic E-state index is 10.7. The van der Waals surface area contributed by atoms with Crippen LogP contribution in [-0.2, 0) is 11.4 Å². The number of anilines is 1. The lowest BCUT2D eigenvalue weighted by molar-refractivity contribution is -0.119. The minimum absolute atomic E-state index is 0.184. The zero-order valence-corrected chi connectivity index (χ0v) is 10.8. The molecule has 0 fully saturated rings. The van der Waals surface area contributed by atoms with Crippen LogP contribution in [-0.4, -0.2) is 33.9 Å². The molecule has 0 saturated heterocycles. The molecule has 106 valence electrons. The van der Waals surface area contributed by atoms with Gasteiger partial charge in [-0.15, -0.1) is 0 Å². The number of rotatable bonds is 6. The van der Waals surface area contributed by atoms with Gasteiger partial charge in [-0.05, 0) is 24.1 Å². The highest BCUT2D eigenvalue weighted by molar-refractivity contribution is 5.72. The quantitative estimate of drug-likeness (QED) is 0.453. The smallest absolute Gasteiger partial charge is 0.216 e. The fraction of sp³-hybridized carbons (Fsp3) is 0.462. The molecule has 0 aliphatic rings. The summed E-state index contributed by atoms with van der Waals surface area (Å²) < 4.78 is 0. The van der Waals surface area contributed by atoms with Crippen molar-refractivity contribution in [1.82, 2.24) is 5.32 Å². The zero-order valence-electron chi connectivity index (χ0n) is 10.8. The Morgan fingerprint density at radius 1 is 1.42 bits per heavy atom. The molecule has 0 aliphatic carbocycles. The molecule has 0 spiro atoms. The Bertz CT molecular complexity index is 437. The highest BCUT2D eigenvalue weighted by Gasteiger charge is 2.18. The largest absolute Gasteiger partial charge is 0.398 e. The molecule has 1 aromatic carbocycles.